The molecule has 0 saturated carbocycles. The van der Waals surface area contributed by atoms with E-state index in [4.69, 9.17) is 11.0 Å². The van der Waals surface area contributed by atoms with Gasteiger partial charge in [-0.2, -0.15) is 5.26 Å². The summed E-state index contributed by atoms with van der Waals surface area (Å²) in [6.45, 7) is 1.82. The van der Waals surface area contributed by atoms with E-state index in [1.165, 1.54) is 0 Å². The first-order chi connectivity index (χ1) is 6.81. The SMILES string of the molecule is N#Cc1ccccc1N1CC[C@H](N)C1. The summed E-state index contributed by atoms with van der Waals surface area (Å²) in [5.41, 5.74) is 7.58. The first-order valence-electron chi connectivity index (χ1n) is 4.81. The van der Waals surface area contributed by atoms with Gasteiger partial charge in [0.25, 0.3) is 0 Å². The third kappa shape index (κ3) is 1.57. The number of benzene rings is 1. The van der Waals surface area contributed by atoms with Crippen molar-refractivity contribution in [3.63, 3.8) is 0 Å². The van der Waals surface area contributed by atoms with E-state index in [2.05, 4.69) is 11.0 Å². The van der Waals surface area contributed by atoms with Crippen LogP contribution in [0.3, 0.4) is 0 Å². The molecule has 0 unspecified atom stereocenters. The maximum atomic E-state index is 8.94. The average Bonchev–Trinajstić information content (AvgIpc) is 2.65. The molecule has 1 aliphatic rings. The lowest BCUT2D eigenvalue weighted by Crippen LogP contribution is -2.26. The van der Waals surface area contributed by atoms with E-state index in [0.29, 0.717) is 0 Å². The van der Waals surface area contributed by atoms with Crippen molar-refractivity contribution in [1.29, 1.82) is 5.26 Å². The number of rotatable bonds is 1. The van der Waals surface area contributed by atoms with Crippen LogP contribution in [0.1, 0.15) is 12.0 Å². The molecule has 2 rings (SSSR count). The molecule has 3 nitrogen and oxygen atoms in total. The molecule has 1 saturated heterocycles. The number of hydrogen-bond donors (Lipinski definition) is 1. The second-order valence-electron chi connectivity index (χ2n) is 3.62. The minimum atomic E-state index is 0.252. The largest absolute Gasteiger partial charge is 0.369 e. The molecular formula is C11H13N3. The molecule has 1 aromatic carbocycles. The van der Waals surface area contributed by atoms with Crippen LogP contribution in [0.25, 0.3) is 0 Å². The molecule has 1 aromatic rings. The van der Waals surface area contributed by atoms with Gasteiger partial charge >= 0.3 is 0 Å². The number of hydrogen-bond acceptors (Lipinski definition) is 3. The second kappa shape index (κ2) is 3.69. The van der Waals surface area contributed by atoms with Crippen molar-refractivity contribution in [2.75, 3.05) is 18.0 Å². The summed E-state index contributed by atoms with van der Waals surface area (Å²) in [5, 5.41) is 8.94. The van der Waals surface area contributed by atoms with Gasteiger partial charge in [-0.15, -0.1) is 0 Å². The quantitative estimate of drug-likeness (QED) is 0.716. The lowest BCUT2D eigenvalue weighted by Gasteiger charge is -2.18. The number of nitrogens with zero attached hydrogens (tertiary/aromatic N) is 2. The number of anilines is 1. The van der Waals surface area contributed by atoms with E-state index < -0.39 is 0 Å². The molecular weight excluding hydrogens is 174 g/mol. The van der Waals surface area contributed by atoms with Gasteiger partial charge in [-0.3, -0.25) is 0 Å². The number of para-hydroxylation sites is 1. The summed E-state index contributed by atoms with van der Waals surface area (Å²) in [6.07, 6.45) is 1.01. The molecule has 0 spiro atoms. The van der Waals surface area contributed by atoms with E-state index in [1.807, 2.05) is 24.3 Å². The van der Waals surface area contributed by atoms with Crippen LogP contribution < -0.4 is 10.6 Å². The monoisotopic (exact) mass is 187 g/mol. The van der Waals surface area contributed by atoms with Crippen LogP contribution in [-0.4, -0.2) is 19.1 Å². The Hall–Kier alpha value is -1.53. The van der Waals surface area contributed by atoms with Crippen molar-refractivity contribution in [3.05, 3.63) is 29.8 Å². The van der Waals surface area contributed by atoms with Gasteiger partial charge in [-0.05, 0) is 18.6 Å². The van der Waals surface area contributed by atoms with E-state index in [-0.39, 0.29) is 6.04 Å². The van der Waals surface area contributed by atoms with E-state index in [1.54, 1.807) is 0 Å². The normalized spacial score (nSPS) is 20.9. The standard InChI is InChI=1S/C11H13N3/c12-7-9-3-1-2-4-11(9)14-6-5-10(13)8-14/h1-4,10H,5-6,8,13H2/t10-/m0/s1. The molecule has 3 heteroatoms. The van der Waals surface area contributed by atoms with Crippen LogP contribution in [0.5, 0.6) is 0 Å². The Morgan fingerprint density at radius 2 is 2.21 bits per heavy atom. The van der Waals surface area contributed by atoms with Crippen LogP contribution in [0, 0.1) is 11.3 Å². The Morgan fingerprint density at radius 3 is 2.86 bits per heavy atom. The minimum absolute atomic E-state index is 0.252. The maximum Gasteiger partial charge on any atom is 0.101 e. The van der Waals surface area contributed by atoms with Gasteiger partial charge in [-0.25, -0.2) is 0 Å². The van der Waals surface area contributed by atoms with Crippen LogP contribution in [0.4, 0.5) is 5.69 Å². The third-order valence-electron chi connectivity index (χ3n) is 2.59. The number of nitriles is 1. The highest BCUT2D eigenvalue weighted by Gasteiger charge is 2.20. The molecule has 2 N–H and O–H groups in total. The fraction of sp³-hybridized carbons (Fsp3) is 0.364. The first kappa shape index (κ1) is 9.04. The average molecular weight is 187 g/mol. The van der Waals surface area contributed by atoms with Gasteiger partial charge < -0.3 is 10.6 Å². The van der Waals surface area contributed by atoms with Gasteiger partial charge in [0, 0.05) is 19.1 Å². The maximum absolute atomic E-state index is 8.94. The second-order valence-corrected chi connectivity index (χ2v) is 3.62. The molecule has 0 bridgehead atoms. The summed E-state index contributed by atoms with van der Waals surface area (Å²) in [7, 11) is 0. The molecule has 0 aromatic heterocycles. The predicted octanol–water partition coefficient (Wildman–Crippen LogP) is 1.10. The Labute approximate surface area is 83.7 Å². The Balaban J connectivity index is 2.28. The fourth-order valence-electron chi connectivity index (χ4n) is 1.85. The van der Waals surface area contributed by atoms with Crippen LogP contribution in [-0.2, 0) is 0 Å². The zero-order valence-electron chi connectivity index (χ0n) is 7.98. The predicted molar refractivity (Wildman–Crippen MR) is 56.0 cm³/mol. The highest BCUT2D eigenvalue weighted by Crippen LogP contribution is 2.23. The highest BCUT2D eigenvalue weighted by molar-refractivity contribution is 5.59. The molecule has 14 heavy (non-hydrogen) atoms. The highest BCUT2D eigenvalue weighted by atomic mass is 15.2. The van der Waals surface area contributed by atoms with E-state index in [9.17, 15) is 0 Å². The van der Waals surface area contributed by atoms with Crippen molar-refractivity contribution in [1.82, 2.24) is 0 Å². The fourth-order valence-corrected chi connectivity index (χ4v) is 1.85. The zero-order valence-corrected chi connectivity index (χ0v) is 7.98. The van der Waals surface area contributed by atoms with Gasteiger partial charge in [0.2, 0.25) is 0 Å². The summed E-state index contributed by atoms with van der Waals surface area (Å²) in [4.78, 5) is 2.18. The molecule has 1 heterocycles. The van der Waals surface area contributed by atoms with Crippen molar-refractivity contribution < 1.29 is 0 Å². The van der Waals surface area contributed by atoms with Gasteiger partial charge in [0.1, 0.15) is 6.07 Å². The lowest BCUT2D eigenvalue weighted by atomic mass is 10.2. The Morgan fingerprint density at radius 1 is 1.43 bits per heavy atom. The summed E-state index contributed by atoms with van der Waals surface area (Å²) in [5.74, 6) is 0. The van der Waals surface area contributed by atoms with Gasteiger partial charge in [0.05, 0.1) is 11.3 Å². The van der Waals surface area contributed by atoms with E-state index >= 15 is 0 Å². The number of nitrogens with two attached hydrogens (primary N) is 1. The van der Waals surface area contributed by atoms with Crippen LogP contribution in [0.15, 0.2) is 24.3 Å². The van der Waals surface area contributed by atoms with Crippen molar-refractivity contribution in [2.45, 2.75) is 12.5 Å². The molecule has 1 aliphatic heterocycles. The summed E-state index contributed by atoms with van der Waals surface area (Å²) in [6, 6.07) is 10.1. The lowest BCUT2D eigenvalue weighted by molar-refractivity contribution is 0.752. The van der Waals surface area contributed by atoms with Crippen molar-refractivity contribution in [3.8, 4) is 6.07 Å². The van der Waals surface area contributed by atoms with Gasteiger partial charge in [0.15, 0.2) is 0 Å². The van der Waals surface area contributed by atoms with Crippen molar-refractivity contribution >= 4 is 5.69 Å². The van der Waals surface area contributed by atoms with Crippen LogP contribution in [0.2, 0.25) is 0 Å². The topological polar surface area (TPSA) is 53.0 Å². The molecule has 0 radical (unpaired) electrons. The van der Waals surface area contributed by atoms with Gasteiger partial charge in [-0.1, -0.05) is 12.1 Å². The molecule has 1 fully saturated rings. The molecule has 0 amide bonds. The minimum Gasteiger partial charge on any atom is -0.369 e. The molecule has 72 valence electrons. The first-order valence-corrected chi connectivity index (χ1v) is 4.81. The Kier molecular flexibility index (Phi) is 2.38. The molecule has 1 atom stereocenters. The zero-order chi connectivity index (χ0) is 9.97. The van der Waals surface area contributed by atoms with E-state index in [0.717, 1.165) is 30.8 Å². The smallest absolute Gasteiger partial charge is 0.101 e. The molecule has 0 aliphatic carbocycles. The Bertz CT molecular complexity index is 367. The van der Waals surface area contributed by atoms with Crippen LogP contribution >= 0.6 is 0 Å². The van der Waals surface area contributed by atoms with Crippen molar-refractivity contribution in [2.24, 2.45) is 5.73 Å². The third-order valence-corrected chi connectivity index (χ3v) is 2.59. The summed E-state index contributed by atoms with van der Waals surface area (Å²) >= 11 is 0. The summed E-state index contributed by atoms with van der Waals surface area (Å²) < 4.78 is 0.